The lowest BCUT2D eigenvalue weighted by Gasteiger charge is -2.38. The summed E-state index contributed by atoms with van der Waals surface area (Å²) in [7, 11) is 0. The standard InChI is InChI=1S/C28H39N3O2/c1-16(2)23-21-22(20-18(31-23)12-27(6,7)13-19(20)32)28(10-8-9-11-28)33-24(21)17-14-29-25(30-15-17)26(3,4)5/h14-16,19,24,32H,8-13H2,1-7H3/t19-,24-/m0/s1. The number of fused-ring (bicyclic) bond motifs is 4. The Balaban J connectivity index is 1.73. The minimum atomic E-state index is -0.495. The van der Waals surface area contributed by atoms with Crippen LogP contribution in [0.15, 0.2) is 12.4 Å². The van der Waals surface area contributed by atoms with Crippen LogP contribution in [0.1, 0.15) is 138 Å². The van der Waals surface area contributed by atoms with Crippen LogP contribution in [0.5, 0.6) is 0 Å². The first-order valence-corrected chi connectivity index (χ1v) is 12.7. The van der Waals surface area contributed by atoms with Crippen molar-refractivity contribution >= 4 is 0 Å². The zero-order valence-corrected chi connectivity index (χ0v) is 21.3. The van der Waals surface area contributed by atoms with E-state index in [4.69, 9.17) is 19.7 Å². The molecule has 1 saturated carbocycles. The minimum Gasteiger partial charge on any atom is -0.388 e. The first-order chi connectivity index (χ1) is 15.4. The fourth-order valence-electron chi connectivity index (χ4n) is 6.28. The third-order valence-corrected chi connectivity index (χ3v) is 7.77. The van der Waals surface area contributed by atoms with Gasteiger partial charge in [0, 0.05) is 45.9 Å². The third kappa shape index (κ3) is 3.72. The average molecular weight is 450 g/mol. The largest absolute Gasteiger partial charge is 0.388 e. The lowest BCUT2D eigenvalue weighted by atomic mass is 9.70. The van der Waals surface area contributed by atoms with Gasteiger partial charge in [-0.2, -0.15) is 0 Å². The van der Waals surface area contributed by atoms with E-state index >= 15 is 0 Å². The van der Waals surface area contributed by atoms with Crippen molar-refractivity contribution in [1.29, 1.82) is 0 Å². The summed E-state index contributed by atoms with van der Waals surface area (Å²) in [6, 6.07) is 0. The Kier molecular flexibility index (Phi) is 5.26. The molecule has 2 aliphatic carbocycles. The molecule has 1 aliphatic heterocycles. The van der Waals surface area contributed by atoms with E-state index in [2.05, 4.69) is 48.5 Å². The van der Waals surface area contributed by atoms with E-state index < -0.39 is 6.10 Å². The van der Waals surface area contributed by atoms with Crippen molar-refractivity contribution in [1.82, 2.24) is 15.0 Å². The number of pyridine rings is 1. The third-order valence-electron chi connectivity index (χ3n) is 7.77. The van der Waals surface area contributed by atoms with E-state index in [1.807, 2.05) is 12.4 Å². The molecule has 2 atom stereocenters. The van der Waals surface area contributed by atoms with E-state index in [0.29, 0.717) is 0 Å². The summed E-state index contributed by atoms with van der Waals surface area (Å²) in [4.78, 5) is 14.7. The van der Waals surface area contributed by atoms with Crippen molar-refractivity contribution in [3.63, 3.8) is 0 Å². The van der Waals surface area contributed by atoms with Crippen LogP contribution in [0.2, 0.25) is 0 Å². The Bertz CT molecular complexity index is 1060. The molecule has 178 valence electrons. The highest BCUT2D eigenvalue weighted by Gasteiger charge is 2.52. The summed E-state index contributed by atoms with van der Waals surface area (Å²) in [6.07, 6.45) is 9.13. The first kappa shape index (κ1) is 22.9. The average Bonchev–Trinajstić information content (AvgIpc) is 3.31. The molecule has 3 heterocycles. The summed E-state index contributed by atoms with van der Waals surface area (Å²) in [5.74, 6) is 1.11. The summed E-state index contributed by atoms with van der Waals surface area (Å²) in [6.45, 7) is 15.3. The molecule has 0 unspecified atom stereocenters. The smallest absolute Gasteiger partial charge is 0.133 e. The van der Waals surface area contributed by atoms with Gasteiger partial charge in [-0.15, -0.1) is 0 Å². The summed E-state index contributed by atoms with van der Waals surface area (Å²) in [5.41, 5.74) is 6.28. The predicted octanol–water partition coefficient (Wildman–Crippen LogP) is 6.19. The molecule has 2 aromatic heterocycles. The molecular weight excluding hydrogens is 410 g/mol. The number of ether oxygens (including phenoxy) is 1. The lowest BCUT2D eigenvalue weighted by molar-refractivity contribution is -0.0583. The predicted molar refractivity (Wildman–Crippen MR) is 129 cm³/mol. The van der Waals surface area contributed by atoms with Crippen LogP contribution in [0.25, 0.3) is 0 Å². The Labute approximate surface area is 198 Å². The molecule has 0 radical (unpaired) electrons. The van der Waals surface area contributed by atoms with Gasteiger partial charge in [0.2, 0.25) is 0 Å². The maximum absolute atomic E-state index is 11.4. The second kappa shape index (κ2) is 7.58. The van der Waals surface area contributed by atoms with Gasteiger partial charge in [-0.3, -0.25) is 4.98 Å². The fraction of sp³-hybridized carbons (Fsp3) is 0.679. The minimum absolute atomic E-state index is 0.0419. The van der Waals surface area contributed by atoms with Gasteiger partial charge in [0.05, 0.1) is 11.7 Å². The van der Waals surface area contributed by atoms with Crippen molar-refractivity contribution in [2.75, 3.05) is 0 Å². The number of nitrogens with zero attached hydrogens (tertiary/aromatic N) is 3. The first-order valence-electron chi connectivity index (χ1n) is 12.7. The molecule has 3 aliphatic rings. The molecule has 1 fully saturated rings. The van der Waals surface area contributed by atoms with Gasteiger partial charge in [-0.05, 0) is 42.6 Å². The van der Waals surface area contributed by atoms with E-state index in [1.54, 1.807) is 0 Å². The number of rotatable bonds is 2. The quantitative estimate of drug-likeness (QED) is 0.592. The Morgan fingerprint density at radius 3 is 2.27 bits per heavy atom. The van der Waals surface area contributed by atoms with E-state index in [1.165, 1.54) is 11.1 Å². The summed E-state index contributed by atoms with van der Waals surface area (Å²) >= 11 is 0. The molecule has 1 N–H and O–H groups in total. The SMILES string of the molecule is CC(C)c1nc2c(c3c1[C@H](c1cnc(C(C)(C)C)nc1)OC31CCCC1)[C@@H](O)CC(C)(C)C2. The Morgan fingerprint density at radius 1 is 1.06 bits per heavy atom. The van der Waals surface area contributed by atoms with Gasteiger partial charge in [0.15, 0.2) is 0 Å². The Morgan fingerprint density at radius 2 is 1.70 bits per heavy atom. The van der Waals surface area contributed by atoms with Crippen molar-refractivity contribution < 1.29 is 9.84 Å². The van der Waals surface area contributed by atoms with Gasteiger partial charge in [-0.25, -0.2) is 9.97 Å². The molecule has 0 bridgehead atoms. The molecular formula is C28H39N3O2. The monoisotopic (exact) mass is 449 g/mol. The molecule has 0 saturated heterocycles. The van der Waals surface area contributed by atoms with E-state index in [9.17, 15) is 5.11 Å². The maximum Gasteiger partial charge on any atom is 0.133 e. The maximum atomic E-state index is 11.4. The zero-order chi connectivity index (χ0) is 23.8. The van der Waals surface area contributed by atoms with Crippen molar-refractivity contribution in [2.24, 2.45) is 5.41 Å². The summed E-state index contributed by atoms with van der Waals surface area (Å²) in [5, 5.41) is 11.4. The fourth-order valence-corrected chi connectivity index (χ4v) is 6.28. The normalized spacial score (nSPS) is 25.5. The second-order valence-electron chi connectivity index (χ2n) is 12.7. The molecule has 0 amide bonds. The molecule has 33 heavy (non-hydrogen) atoms. The van der Waals surface area contributed by atoms with Gasteiger partial charge >= 0.3 is 0 Å². The van der Waals surface area contributed by atoms with Crippen LogP contribution >= 0.6 is 0 Å². The molecule has 0 aromatic carbocycles. The van der Waals surface area contributed by atoms with Crippen LogP contribution in [0, 0.1) is 5.41 Å². The molecule has 5 rings (SSSR count). The van der Waals surface area contributed by atoms with Crippen molar-refractivity contribution in [3.8, 4) is 0 Å². The number of aliphatic hydroxyl groups is 1. The topological polar surface area (TPSA) is 68.1 Å². The van der Waals surface area contributed by atoms with Gasteiger partial charge in [-0.1, -0.05) is 61.3 Å². The van der Waals surface area contributed by atoms with Gasteiger partial charge in [0.1, 0.15) is 11.9 Å². The Hall–Kier alpha value is -1.85. The van der Waals surface area contributed by atoms with Crippen LogP contribution in [-0.4, -0.2) is 20.1 Å². The number of aromatic nitrogens is 3. The highest BCUT2D eigenvalue weighted by molar-refractivity contribution is 5.54. The molecule has 5 nitrogen and oxygen atoms in total. The van der Waals surface area contributed by atoms with Crippen LogP contribution in [-0.2, 0) is 22.2 Å². The van der Waals surface area contributed by atoms with Crippen LogP contribution in [0.3, 0.4) is 0 Å². The summed E-state index contributed by atoms with van der Waals surface area (Å²) < 4.78 is 7.02. The zero-order valence-electron chi connectivity index (χ0n) is 21.3. The van der Waals surface area contributed by atoms with Gasteiger partial charge in [0.25, 0.3) is 0 Å². The second-order valence-corrected chi connectivity index (χ2v) is 12.7. The molecule has 5 heteroatoms. The number of aliphatic hydroxyl groups excluding tert-OH is 1. The highest BCUT2D eigenvalue weighted by Crippen LogP contribution is 2.59. The molecule has 1 spiro atoms. The highest BCUT2D eigenvalue weighted by atomic mass is 16.5. The lowest BCUT2D eigenvalue weighted by Crippen LogP contribution is -2.32. The van der Waals surface area contributed by atoms with Crippen LogP contribution < -0.4 is 0 Å². The van der Waals surface area contributed by atoms with Crippen LogP contribution in [0.4, 0.5) is 0 Å². The van der Waals surface area contributed by atoms with E-state index in [-0.39, 0.29) is 28.5 Å². The number of hydrogen-bond donors (Lipinski definition) is 1. The molecule has 2 aromatic rings. The van der Waals surface area contributed by atoms with Crippen molar-refractivity contribution in [2.45, 2.75) is 116 Å². The van der Waals surface area contributed by atoms with E-state index in [0.717, 1.165) is 66.9 Å². The number of hydrogen-bond acceptors (Lipinski definition) is 5. The van der Waals surface area contributed by atoms with Gasteiger partial charge < -0.3 is 9.84 Å². The van der Waals surface area contributed by atoms with Crippen molar-refractivity contribution in [3.05, 3.63) is 51.9 Å².